The molecule has 0 saturated heterocycles. The third kappa shape index (κ3) is 7.58. The molecule has 0 aliphatic rings. The van der Waals surface area contributed by atoms with Gasteiger partial charge in [0.05, 0.1) is 35.0 Å². The minimum absolute atomic E-state index is 0.435. The average Bonchev–Trinajstić information content (AvgIpc) is 2.73. The number of benzene rings is 1. The van der Waals surface area contributed by atoms with Gasteiger partial charge in [0, 0.05) is 7.77 Å². The molecule has 1 aromatic carbocycles. The lowest BCUT2D eigenvalue weighted by Crippen LogP contribution is -2.53. The van der Waals surface area contributed by atoms with Crippen molar-refractivity contribution in [3.05, 3.63) is 35.9 Å². The van der Waals surface area contributed by atoms with Crippen LogP contribution in [0.15, 0.2) is 30.3 Å². The van der Waals surface area contributed by atoms with Crippen molar-refractivity contribution in [2.45, 2.75) is 30.8 Å². The highest BCUT2D eigenvalue weighted by molar-refractivity contribution is 5.85. The molecule has 0 saturated carbocycles. The van der Waals surface area contributed by atoms with Crippen LogP contribution in [0.3, 0.4) is 0 Å². The molecular formula is C17H26O10. The fourth-order valence-corrected chi connectivity index (χ4v) is 2.30. The lowest BCUT2D eigenvalue weighted by molar-refractivity contribution is -0.435. The van der Waals surface area contributed by atoms with Gasteiger partial charge in [0.15, 0.2) is 24.1 Å². The number of aliphatic hydroxyl groups is 1. The Morgan fingerprint density at radius 2 is 1.48 bits per heavy atom. The van der Waals surface area contributed by atoms with Crippen LogP contribution in [0.1, 0.15) is 6.93 Å². The van der Waals surface area contributed by atoms with Crippen molar-refractivity contribution in [1.82, 2.24) is 0 Å². The molecule has 27 heavy (non-hydrogen) atoms. The van der Waals surface area contributed by atoms with E-state index in [1.807, 2.05) is 0 Å². The summed E-state index contributed by atoms with van der Waals surface area (Å²) in [7, 11) is 4.82. The van der Waals surface area contributed by atoms with Crippen LogP contribution in [0.4, 0.5) is 0 Å². The van der Waals surface area contributed by atoms with Crippen LogP contribution in [0, 0.1) is 0 Å². The highest BCUT2D eigenvalue weighted by Gasteiger charge is 2.44. The van der Waals surface area contributed by atoms with Crippen molar-refractivity contribution in [2.75, 3.05) is 35.0 Å². The SMILES string of the molecule is [2H]C(C(=O)[C@@H](OOC)[C@@H](OOC)[C@@H](OOC)[C@@H](CO)OOC)c1ccccc1. The molecule has 10 nitrogen and oxygen atoms in total. The van der Waals surface area contributed by atoms with Gasteiger partial charge in [-0.25, -0.2) is 39.1 Å². The maximum absolute atomic E-state index is 13.0. The fraction of sp³-hybridized carbons (Fsp3) is 0.588. The molecule has 5 atom stereocenters. The van der Waals surface area contributed by atoms with Crippen molar-refractivity contribution in [1.29, 1.82) is 0 Å². The molecule has 0 fully saturated rings. The molecular weight excluding hydrogens is 364 g/mol. The monoisotopic (exact) mass is 391 g/mol. The van der Waals surface area contributed by atoms with Crippen LogP contribution in [-0.4, -0.2) is 70.4 Å². The summed E-state index contributed by atoms with van der Waals surface area (Å²) in [6.07, 6.45) is -6.59. The van der Waals surface area contributed by atoms with Crippen molar-refractivity contribution in [3.63, 3.8) is 0 Å². The van der Waals surface area contributed by atoms with E-state index >= 15 is 0 Å². The van der Waals surface area contributed by atoms with Crippen molar-refractivity contribution < 1.29 is 50.4 Å². The Balaban J connectivity index is 3.21. The van der Waals surface area contributed by atoms with Crippen LogP contribution in [-0.2, 0) is 50.3 Å². The summed E-state index contributed by atoms with van der Waals surface area (Å²) < 4.78 is 8.27. The maximum Gasteiger partial charge on any atom is 0.183 e. The van der Waals surface area contributed by atoms with Gasteiger partial charge in [-0.05, 0) is 5.56 Å². The van der Waals surface area contributed by atoms with E-state index in [4.69, 9.17) is 25.8 Å². The molecule has 0 spiro atoms. The lowest BCUT2D eigenvalue weighted by Gasteiger charge is -2.32. The minimum atomic E-state index is -1.50. The van der Waals surface area contributed by atoms with Crippen LogP contribution >= 0.6 is 0 Å². The van der Waals surface area contributed by atoms with Gasteiger partial charge in [-0.3, -0.25) is 4.79 Å². The molecule has 10 heteroatoms. The standard InChI is InChI=1S/C17H26O10/c1-20-24-14(11-18)16(26-22-3)17(27-23-4)15(25-21-2)13(19)10-12-8-6-5-7-9-12/h5-9,14-18H,10-11H2,1-4H3/t14-,15-,16+,17-/m1/s1/i10D/t10?,14-,15-,16+,17-. The molecule has 0 radical (unpaired) electrons. The van der Waals surface area contributed by atoms with Crippen LogP contribution < -0.4 is 0 Å². The first-order valence-electron chi connectivity index (χ1n) is 8.53. The first-order valence-corrected chi connectivity index (χ1v) is 7.95. The number of Topliss-reactive ketones (excluding diaryl/α,β-unsaturated/α-hetero) is 1. The Morgan fingerprint density at radius 1 is 0.926 bits per heavy atom. The second-order valence-electron chi connectivity index (χ2n) is 5.08. The number of hydrogen-bond donors (Lipinski definition) is 1. The van der Waals surface area contributed by atoms with Crippen LogP contribution in [0.25, 0.3) is 0 Å². The van der Waals surface area contributed by atoms with Crippen LogP contribution in [0.5, 0.6) is 0 Å². The highest BCUT2D eigenvalue weighted by Crippen LogP contribution is 2.20. The molecule has 0 amide bonds. The predicted molar refractivity (Wildman–Crippen MR) is 89.8 cm³/mol. The summed E-state index contributed by atoms with van der Waals surface area (Å²) in [5.74, 6) is -0.714. The Hall–Kier alpha value is -1.47. The number of rotatable bonds is 15. The smallest absolute Gasteiger partial charge is 0.183 e. The largest absolute Gasteiger partial charge is 0.393 e. The molecule has 1 aromatic rings. The molecule has 0 aliphatic carbocycles. The van der Waals surface area contributed by atoms with Crippen molar-refractivity contribution in [2.24, 2.45) is 0 Å². The van der Waals surface area contributed by atoms with Crippen LogP contribution in [0.2, 0.25) is 0 Å². The lowest BCUT2D eigenvalue weighted by atomic mass is 9.96. The predicted octanol–water partition coefficient (Wildman–Crippen LogP) is 0.577. The van der Waals surface area contributed by atoms with Gasteiger partial charge in [0.25, 0.3) is 0 Å². The number of carbonyl (C=O) groups is 1. The summed E-state index contributed by atoms with van der Waals surface area (Å²) in [5.41, 5.74) is 0.435. The second kappa shape index (κ2) is 13.7. The third-order valence-electron chi connectivity index (χ3n) is 3.39. The number of aliphatic hydroxyl groups excluding tert-OH is 1. The van der Waals surface area contributed by atoms with E-state index < -0.39 is 43.2 Å². The molecule has 1 unspecified atom stereocenters. The van der Waals surface area contributed by atoms with E-state index in [1.54, 1.807) is 30.3 Å². The Kier molecular flexibility index (Phi) is 11.0. The Morgan fingerprint density at radius 3 is 2.00 bits per heavy atom. The zero-order valence-electron chi connectivity index (χ0n) is 16.6. The quantitative estimate of drug-likeness (QED) is 0.336. The zero-order chi connectivity index (χ0) is 20.9. The summed E-state index contributed by atoms with van der Waals surface area (Å²) in [6, 6.07) is 8.41. The van der Waals surface area contributed by atoms with Gasteiger partial charge >= 0.3 is 0 Å². The first kappa shape index (κ1) is 21.8. The van der Waals surface area contributed by atoms with Gasteiger partial charge < -0.3 is 5.11 Å². The molecule has 0 bridgehead atoms. The van der Waals surface area contributed by atoms with Gasteiger partial charge in [-0.2, -0.15) is 0 Å². The Bertz CT molecular complexity index is 546. The van der Waals surface area contributed by atoms with Gasteiger partial charge in [0.1, 0.15) is 6.10 Å². The van der Waals surface area contributed by atoms with E-state index in [0.29, 0.717) is 5.56 Å². The summed E-state index contributed by atoms with van der Waals surface area (Å²) >= 11 is 0. The minimum Gasteiger partial charge on any atom is -0.393 e. The normalized spacial score (nSPS) is 17.6. The number of carbonyl (C=O) groups excluding carboxylic acids is 1. The van der Waals surface area contributed by atoms with Crippen molar-refractivity contribution >= 4 is 5.78 Å². The zero-order valence-corrected chi connectivity index (χ0v) is 15.6. The summed E-state index contributed by atoms with van der Waals surface area (Å²) in [4.78, 5) is 51.9. The number of ketones is 1. The van der Waals surface area contributed by atoms with E-state index in [-0.39, 0.29) is 0 Å². The van der Waals surface area contributed by atoms with E-state index in [2.05, 4.69) is 14.7 Å². The van der Waals surface area contributed by atoms with Gasteiger partial charge in [-0.1, -0.05) is 30.3 Å². The molecule has 0 aliphatic heterocycles. The first-order chi connectivity index (χ1) is 13.5. The maximum atomic E-state index is 13.0. The second-order valence-corrected chi connectivity index (χ2v) is 5.08. The van der Waals surface area contributed by atoms with Gasteiger partial charge in [-0.15, -0.1) is 0 Å². The molecule has 0 heterocycles. The summed E-state index contributed by atoms with van der Waals surface area (Å²) in [6.45, 7) is -0.581. The molecule has 1 N–H and O–H groups in total. The topological polar surface area (TPSA) is 111 Å². The highest BCUT2D eigenvalue weighted by atomic mass is 17.2. The van der Waals surface area contributed by atoms with Gasteiger partial charge in [0.2, 0.25) is 0 Å². The van der Waals surface area contributed by atoms with E-state index in [9.17, 15) is 9.90 Å². The average molecular weight is 391 g/mol. The molecule has 154 valence electrons. The summed E-state index contributed by atoms with van der Waals surface area (Å²) in [5, 5.41) is 9.58. The number of hydrogen-bond acceptors (Lipinski definition) is 10. The molecule has 1 rings (SSSR count). The van der Waals surface area contributed by atoms with E-state index in [1.165, 1.54) is 28.4 Å². The van der Waals surface area contributed by atoms with E-state index in [0.717, 1.165) is 0 Å². The van der Waals surface area contributed by atoms with Crippen molar-refractivity contribution in [3.8, 4) is 0 Å². The Labute approximate surface area is 158 Å². The fourth-order valence-electron chi connectivity index (χ4n) is 2.30. The molecule has 0 aromatic heterocycles. The third-order valence-corrected chi connectivity index (χ3v) is 3.39.